The Morgan fingerprint density at radius 1 is 1.18 bits per heavy atom. The lowest BCUT2D eigenvalue weighted by molar-refractivity contribution is -0.149. The molecule has 1 aliphatic rings. The van der Waals surface area contributed by atoms with Crippen molar-refractivity contribution >= 4 is 5.97 Å². The molecule has 1 N–H and O–H groups in total. The summed E-state index contributed by atoms with van der Waals surface area (Å²) in [4.78, 5) is 28.1. The molecule has 1 aromatic carbocycles. The van der Waals surface area contributed by atoms with Gasteiger partial charge in [0.25, 0.3) is 5.56 Å². The van der Waals surface area contributed by atoms with Crippen LogP contribution in [0.15, 0.2) is 64.0 Å². The van der Waals surface area contributed by atoms with Gasteiger partial charge in [-0.2, -0.15) is 0 Å². The van der Waals surface area contributed by atoms with Gasteiger partial charge in [-0.1, -0.05) is 30.3 Å². The fraction of sp³-hybridized carbons (Fsp3) is 0.385. The van der Waals surface area contributed by atoms with Crippen molar-refractivity contribution in [1.82, 2.24) is 9.47 Å². The topological polar surface area (TPSA) is 84.9 Å². The van der Waals surface area contributed by atoms with E-state index in [0.717, 1.165) is 5.56 Å². The summed E-state index contributed by atoms with van der Waals surface area (Å²) < 4.78 is 12.3. The molecule has 0 bridgehead atoms. The Labute approximate surface area is 193 Å². The molecule has 3 heterocycles. The number of hydrogen-bond acceptors (Lipinski definition) is 6. The number of furan rings is 1. The summed E-state index contributed by atoms with van der Waals surface area (Å²) in [5, 5.41) is 11.0. The number of carbonyl (C=O) groups excluding carboxylic acids is 1. The van der Waals surface area contributed by atoms with E-state index in [2.05, 4.69) is 4.90 Å². The summed E-state index contributed by atoms with van der Waals surface area (Å²) in [5.74, 6) is 0.352. The number of benzene rings is 1. The molecule has 1 fully saturated rings. The first-order valence-electron chi connectivity index (χ1n) is 11.4. The van der Waals surface area contributed by atoms with Gasteiger partial charge in [0.05, 0.1) is 36.9 Å². The van der Waals surface area contributed by atoms with Crippen LogP contribution in [0.4, 0.5) is 0 Å². The van der Waals surface area contributed by atoms with Gasteiger partial charge < -0.3 is 18.8 Å². The van der Waals surface area contributed by atoms with Crippen LogP contribution in [0.25, 0.3) is 0 Å². The van der Waals surface area contributed by atoms with Crippen molar-refractivity contribution in [3.63, 3.8) is 0 Å². The van der Waals surface area contributed by atoms with Gasteiger partial charge in [0.2, 0.25) is 0 Å². The second-order valence-corrected chi connectivity index (χ2v) is 8.43. The molecule has 2 aromatic heterocycles. The Bertz CT molecular complexity index is 1130. The molecule has 7 nitrogen and oxygen atoms in total. The SMILES string of the molecule is CCOC(=O)C1CCN([C@@H](c2ccccc2)c2c(O)cc(C)n(Cc3ccco3)c2=O)CC1. The number of aryl methyl sites for hydroxylation is 1. The molecule has 0 radical (unpaired) electrons. The molecule has 1 saturated heterocycles. The molecule has 7 heteroatoms. The van der Waals surface area contributed by atoms with E-state index in [1.807, 2.05) is 43.3 Å². The second-order valence-electron chi connectivity index (χ2n) is 8.43. The standard InChI is InChI=1S/C26H30N2O5/c1-3-32-26(31)20-11-13-27(14-12-20)24(19-8-5-4-6-9-19)23-22(29)16-18(2)28(25(23)30)17-21-10-7-15-33-21/h4-10,15-16,20,24,29H,3,11-14,17H2,1-2H3/t24-/m0/s1. The maximum atomic E-state index is 13.7. The zero-order valence-electron chi connectivity index (χ0n) is 19.1. The summed E-state index contributed by atoms with van der Waals surface area (Å²) in [5.41, 5.74) is 1.68. The van der Waals surface area contributed by atoms with Crippen LogP contribution in [0.5, 0.6) is 5.75 Å². The Balaban J connectivity index is 1.72. The third kappa shape index (κ3) is 4.88. The number of piperidine rings is 1. The highest BCUT2D eigenvalue weighted by Gasteiger charge is 2.34. The Hall–Kier alpha value is -3.32. The number of hydrogen-bond donors (Lipinski definition) is 1. The summed E-state index contributed by atoms with van der Waals surface area (Å²) in [6.45, 7) is 5.51. The predicted octanol–water partition coefficient (Wildman–Crippen LogP) is 3.87. The highest BCUT2D eigenvalue weighted by atomic mass is 16.5. The van der Waals surface area contributed by atoms with Gasteiger partial charge in [0, 0.05) is 5.69 Å². The van der Waals surface area contributed by atoms with E-state index in [0.29, 0.717) is 49.6 Å². The summed E-state index contributed by atoms with van der Waals surface area (Å²) in [7, 11) is 0. The third-order valence-corrected chi connectivity index (χ3v) is 6.32. The maximum absolute atomic E-state index is 13.7. The lowest BCUT2D eigenvalue weighted by Gasteiger charge is -2.37. The summed E-state index contributed by atoms with van der Waals surface area (Å²) in [6.07, 6.45) is 2.88. The normalized spacial score (nSPS) is 15.9. The minimum atomic E-state index is -0.426. The molecule has 0 spiro atoms. The Morgan fingerprint density at radius 2 is 1.91 bits per heavy atom. The van der Waals surface area contributed by atoms with Crippen LogP contribution in [0.1, 0.15) is 48.4 Å². The average molecular weight is 451 g/mol. The molecule has 174 valence electrons. The molecule has 1 atom stereocenters. The number of rotatable bonds is 7. The highest BCUT2D eigenvalue weighted by molar-refractivity contribution is 5.72. The maximum Gasteiger partial charge on any atom is 0.309 e. The van der Waals surface area contributed by atoms with Crippen LogP contribution in [-0.2, 0) is 16.1 Å². The van der Waals surface area contributed by atoms with Gasteiger partial charge >= 0.3 is 5.97 Å². The van der Waals surface area contributed by atoms with E-state index in [4.69, 9.17) is 9.15 Å². The number of aromatic hydroxyl groups is 1. The lowest BCUT2D eigenvalue weighted by Crippen LogP contribution is -2.42. The molecular weight excluding hydrogens is 420 g/mol. The van der Waals surface area contributed by atoms with Crippen LogP contribution in [-0.4, -0.2) is 40.2 Å². The number of carbonyl (C=O) groups is 1. The fourth-order valence-electron chi connectivity index (χ4n) is 4.63. The Kier molecular flexibility index (Phi) is 6.99. The van der Waals surface area contributed by atoms with Crippen LogP contribution < -0.4 is 5.56 Å². The molecule has 1 aliphatic heterocycles. The zero-order chi connectivity index (χ0) is 23.4. The van der Waals surface area contributed by atoms with Crippen molar-refractivity contribution in [2.75, 3.05) is 19.7 Å². The molecule has 3 aromatic rings. The van der Waals surface area contributed by atoms with Crippen molar-refractivity contribution < 1.29 is 19.1 Å². The predicted molar refractivity (Wildman–Crippen MR) is 124 cm³/mol. The van der Waals surface area contributed by atoms with Gasteiger partial charge in [-0.05, 0) is 63.5 Å². The van der Waals surface area contributed by atoms with Crippen molar-refractivity contribution in [1.29, 1.82) is 0 Å². The number of ether oxygens (including phenoxy) is 1. The lowest BCUT2D eigenvalue weighted by atomic mass is 9.91. The first-order valence-corrected chi connectivity index (χ1v) is 11.4. The number of esters is 1. The average Bonchev–Trinajstić information content (AvgIpc) is 3.34. The van der Waals surface area contributed by atoms with Crippen LogP contribution in [0.2, 0.25) is 0 Å². The molecular formula is C26H30N2O5. The van der Waals surface area contributed by atoms with Crippen molar-refractivity contribution in [3.05, 3.63) is 87.7 Å². The van der Waals surface area contributed by atoms with Gasteiger partial charge in [-0.3, -0.25) is 14.5 Å². The number of pyridine rings is 1. The summed E-state index contributed by atoms with van der Waals surface area (Å²) in [6, 6.07) is 14.6. The van der Waals surface area contributed by atoms with Gasteiger partial charge in [0.1, 0.15) is 11.5 Å². The third-order valence-electron chi connectivity index (χ3n) is 6.32. The molecule has 4 rings (SSSR count). The molecule has 0 amide bonds. The summed E-state index contributed by atoms with van der Waals surface area (Å²) >= 11 is 0. The molecule has 0 unspecified atom stereocenters. The fourth-order valence-corrected chi connectivity index (χ4v) is 4.63. The van der Waals surface area contributed by atoms with E-state index in [1.165, 1.54) is 0 Å². The van der Waals surface area contributed by atoms with E-state index in [9.17, 15) is 14.7 Å². The number of aromatic nitrogens is 1. The highest BCUT2D eigenvalue weighted by Crippen LogP contribution is 2.35. The van der Waals surface area contributed by atoms with Crippen molar-refractivity contribution in [2.45, 2.75) is 39.3 Å². The zero-order valence-corrected chi connectivity index (χ0v) is 19.1. The molecule has 0 saturated carbocycles. The molecule has 33 heavy (non-hydrogen) atoms. The van der Waals surface area contributed by atoms with Crippen molar-refractivity contribution in [2.24, 2.45) is 5.92 Å². The minimum absolute atomic E-state index is 0.0189. The van der Waals surface area contributed by atoms with Crippen LogP contribution in [0, 0.1) is 12.8 Å². The minimum Gasteiger partial charge on any atom is -0.507 e. The number of likely N-dealkylation sites (tertiary alicyclic amines) is 1. The van der Waals surface area contributed by atoms with Gasteiger partial charge in [-0.25, -0.2) is 0 Å². The van der Waals surface area contributed by atoms with E-state index < -0.39 is 6.04 Å². The largest absolute Gasteiger partial charge is 0.507 e. The van der Waals surface area contributed by atoms with Crippen LogP contribution >= 0.6 is 0 Å². The molecule has 0 aliphatic carbocycles. The first-order chi connectivity index (χ1) is 16.0. The monoisotopic (exact) mass is 450 g/mol. The second kappa shape index (κ2) is 10.1. The van der Waals surface area contributed by atoms with Crippen LogP contribution in [0.3, 0.4) is 0 Å². The van der Waals surface area contributed by atoms with Crippen molar-refractivity contribution in [3.8, 4) is 5.75 Å². The van der Waals surface area contributed by atoms with E-state index in [1.54, 1.807) is 29.9 Å². The quantitative estimate of drug-likeness (QED) is 0.550. The smallest absolute Gasteiger partial charge is 0.309 e. The van der Waals surface area contributed by atoms with E-state index in [-0.39, 0.29) is 29.7 Å². The van der Waals surface area contributed by atoms with E-state index >= 15 is 0 Å². The van der Waals surface area contributed by atoms with Gasteiger partial charge in [-0.15, -0.1) is 0 Å². The first kappa shape index (κ1) is 22.9. The van der Waals surface area contributed by atoms with Gasteiger partial charge in [0.15, 0.2) is 0 Å². The Morgan fingerprint density at radius 3 is 2.55 bits per heavy atom. The number of nitrogens with zero attached hydrogens (tertiary/aromatic N) is 2.